The summed E-state index contributed by atoms with van der Waals surface area (Å²) in [6.45, 7) is 4.79. The first-order valence-electron chi connectivity index (χ1n) is 9.24. The predicted molar refractivity (Wildman–Crippen MR) is 106 cm³/mol. The number of benzene rings is 1. The lowest BCUT2D eigenvalue weighted by Crippen LogP contribution is -2.49. The van der Waals surface area contributed by atoms with Crippen molar-refractivity contribution < 1.29 is 9.59 Å². The molecule has 0 atom stereocenters. The Labute approximate surface area is 158 Å². The van der Waals surface area contributed by atoms with Crippen molar-refractivity contribution in [3.8, 4) is 11.1 Å². The van der Waals surface area contributed by atoms with Crippen LogP contribution in [0.4, 0.5) is 0 Å². The predicted octanol–water partition coefficient (Wildman–Crippen LogP) is 2.87. The minimum atomic E-state index is -0.443. The van der Waals surface area contributed by atoms with E-state index in [2.05, 4.69) is 4.90 Å². The molecule has 27 heavy (non-hydrogen) atoms. The summed E-state index contributed by atoms with van der Waals surface area (Å²) in [5.41, 5.74) is 4.25. The molecule has 2 aromatic heterocycles. The van der Waals surface area contributed by atoms with Crippen LogP contribution in [-0.2, 0) is 4.79 Å². The summed E-state index contributed by atoms with van der Waals surface area (Å²) in [6.07, 6.45) is 1.84. The minimum Gasteiger partial charge on any atom is -0.333 e. The molecule has 1 aliphatic rings. The average molecular weight is 361 g/mol. The van der Waals surface area contributed by atoms with Crippen molar-refractivity contribution in [3.05, 3.63) is 66.0 Å². The summed E-state index contributed by atoms with van der Waals surface area (Å²) in [6, 6.07) is 15.8. The number of piperazine rings is 1. The van der Waals surface area contributed by atoms with Gasteiger partial charge in [-0.1, -0.05) is 35.9 Å². The molecule has 5 heteroatoms. The molecule has 4 rings (SSSR count). The van der Waals surface area contributed by atoms with E-state index in [9.17, 15) is 9.59 Å². The molecule has 0 aliphatic carbocycles. The van der Waals surface area contributed by atoms with Crippen LogP contribution in [0.1, 0.15) is 16.1 Å². The number of likely N-dealkylation sites (N-methyl/N-ethyl adjacent to an activating group) is 1. The van der Waals surface area contributed by atoms with E-state index < -0.39 is 11.7 Å². The Kier molecular flexibility index (Phi) is 4.54. The Morgan fingerprint density at radius 1 is 0.926 bits per heavy atom. The molecule has 0 spiro atoms. The summed E-state index contributed by atoms with van der Waals surface area (Å²) in [5.74, 6) is -0.860. The standard InChI is InChI=1S/C22H23N3O2/c1-16-6-8-17(9-7-16)19-15-18-5-3-4-10-25(18)20(19)21(26)22(27)24-13-11-23(2)12-14-24/h3-10,15H,11-14H2,1-2H3. The zero-order valence-corrected chi connectivity index (χ0v) is 15.7. The van der Waals surface area contributed by atoms with Crippen LogP contribution in [-0.4, -0.2) is 59.1 Å². The number of aromatic nitrogens is 1. The van der Waals surface area contributed by atoms with Crippen molar-refractivity contribution >= 4 is 17.2 Å². The summed E-state index contributed by atoms with van der Waals surface area (Å²) >= 11 is 0. The highest BCUT2D eigenvalue weighted by Gasteiger charge is 2.30. The lowest BCUT2D eigenvalue weighted by atomic mass is 10.0. The number of hydrogen-bond acceptors (Lipinski definition) is 3. The van der Waals surface area contributed by atoms with Crippen LogP contribution in [0.3, 0.4) is 0 Å². The van der Waals surface area contributed by atoms with Gasteiger partial charge in [0.05, 0.1) is 0 Å². The van der Waals surface area contributed by atoms with Crippen molar-refractivity contribution in [2.45, 2.75) is 6.92 Å². The Bertz CT molecular complexity index is 996. The van der Waals surface area contributed by atoms with Gasteiger partial charge in [-0.25, -0.2) is 0 Å². The largest absolute Gasteiger partial charge is 0.333 e. The minimum absolute atomic E-state index is 0.416. The second-order valence-electron chi connectivity index (χ2n) is 7.19. The SMILES string of the molecule is Cc1ccc(-c2cc3ccccn3c2C(=O)C(=O)N2CCN(C)CC2)cc1. The number of carbonyl (C=O) groups excluding carboxylic acids is 2. The van der Waals surface area contributed by atoms with Gasteiger partial charge in [-0.15, -0.1) is 0 Å². The van der Waals surface area contributed by atoms with Crippen molar-refractivity contribution in [2.75, 3.05) is 33.2 Å². The maximum atomic E-state index is 13.2. The van der Waals surface area contributed by atoms with Crippen LogP contribution in [0.2, 0.25) is 0 Å². The van der Waals surface area contributed by atoms with Crippen LogP contribution in [0.25, 0.3) is 16.6 Å². The normalized spacial score (nSPS) is 15.3. The molecule has 1 fully saturated rings. The van der Waals surface area contributed by atoms with E-state index in [1.807, 2.05) is 73.1 Å². The average Bonchev–Trinajstić information content (AvgIpc) is 3.07. The van der Waals surface area contributed by atoms with Gasteiger partial charge in [-0.3, -0.25) is 9.59 Å². The Balaban J connectivity index is 1.77. The maximum Gasteiger partial charge on any atom is 0.296 e. The number of rotatable bonds is 3. The highest BCUT2D eigenvalue weighted by molar-refractivity contribution is 6.43. The van der Waals surface area contributed by atoms with E-state index >= 15 is 0 Å². The van der Waals surface area contributed by atoms with E-state index in [0.29, 0.717) is 18.8 Å². The Morgan fingerprint density at radius 3 is 2.33 bits per heavy atom. The Morgan fingerprint density at radius 2 is 1.63 bits per heavy atom. The van der Waals surface area contributed by atoms with Gasteiger partial charge in [-0.05, 0) is 37.7 Å². The van der Waals surface area contributed by atoms with E-state index in [-0.39, 0.29) is 0 Å². The molecule has 0 saturated carbocycles. The molecule has 0 unspecified atom stereocenters. The third-order valence-electron chi connectivity index (χ3n) is 5.24. The number of hydrogen-bond donors (Lipinski definition) is 0. The van der Waals surface area contributed by atoms with E-state index in [0.717, 1.165) is 35.3 Å². The van der Waals surface area contributed by atoms with Crippen molar-refractivity contribution in [3.63, 3.8) is 0 Å². The van der Waals surface area contributed by atoms with E-state index in [4.69, 9.17) is 0 Å². The topological polar surface area (TPSA) is 45.0 Å². The molecule has 0 radical (unpaired) electrons. The molecule has 1 amide bonds. The molecule has 0 bridgehead atoms. The van der Waals surface area contributed by atoms with Gasteiger partial charge in [0.1, 0.15) is 5.69 Å². The lowest BCUT2D eigenvalue weighted by Gasteiger charge is -2.31. The van der Waals surface area contributed by atoms with Crippen LogP contribution in [0.5, 0.6) is 0 Å². The third-order valence-corrected chi connectivity index (χ3v) is 5.24. The number of fused-ring (bicyclic) bond motifs is 1. The highest BCUT2D eigenvalue weighted by atomic mass is 16.2. The van der Waals surface area contributed by atoms with Crippen molar-refractivity contribution in [1.29, 1.82) is 0 Å². The molecule has 1 aromatic carbocycles. The number of amides is 1. The number of aryl methyl sites for hydroxylation is 1. The summed E-state index contributed by atoms with van der Waals surface area (Å²) in [4.78, 5) is 30.0. The van der Waals surface area contributed by atoms with E-state index in [1.54, 1.807) is 4.90 Å². The molecule has 5 nitrogen and oxygen atoms in total. The number of Topliss-reactive ketones (excluding diaryl/α,β-unsaturated/α-hetero) is 1. The first-order valence-corrected chi connectivity index (χ1v) is 9.24. The molecular formula is C22H23N3O2. The molecule has 1 aliphatic heterocycles. The number of nitrogens with zero attached hydrogens (tertiary/aromatic N) is 3. The molecule has 138 valence electrons. The van der Waals surface area contributed by atoms with Gasteiger partial charge in [0.25, 0.3) is 11.7 Å². The fourth-order valence-corrected chi connectivity index (χ4v) is 3.56. The first-order chi connectivity index (χ1) is 13.0. The van der Waals surface area contributed by atoms with Crippen molar-refractivity contribution in [2.24, 2.45) is 0 Å². The van der Waals surface area contributed by atoms with Crippen LogP contribution >= 0.6 is 0 Å². The Hall–Kier alpha value is -2.92. The highest BCUT2D eigenvalue weighted by Crippen LogP contribution is 2.29. The second-order valence-corrected chi connectivity index (χ2v) is 7.19. The van der Waals surface area contributed by atoms with Gasteiger partial charge < -0.3 is 14.2 Å². The number of carbonyl (C=O) groups is 2. The zero-order valence-electron chi connectivity index (χ0n) is 15.7. The molecular weight excluding hydrogens is 338 g/mol. The molecule has 0 N–H and O–H groups in total. The van der Waals surface area contributed by atoms with Gasteiger partial charge >= 0.3 is 0 Å². The fourth-order valence-electron chi connectivity index (χ4n) is 3.56. The van der Waals surface area contributed by atoms with Crippen molar-refractivity contribution in [1.82, 2.24) is 14.2 Å². The molecule has 1 saturated heterocycles. The monoisotopic (exact) mass is 361 g/mol. The van der Waals surface area contributed by atoms with Gasteiger partial charge in [0.15, 0.2) is 0 Å². The quantitative estimate of drug-likeness (QED) is 0.532. The number of ketones is 1. The zero-order chi connectivity index (χ0) is 19.0. The summed E-state index contributed by atoms with van der Waals surface area (Å²) in [7, 11) is 2.03. The summed E-state index contributed by atoms with van der Waals surface area (Å²) in [5, 5.41) is 0. The fraction of sp³-hybridized carbons (Fsp3) is 0.273. The summed E-state index contributed by atoms with van der Waals surface area (Å²) < 4.78 is 1.82. The second kappa shape index (κ2) is 7.00. The smallest absolute Gasteiger partial charge is 0.296 e. The maximum absolute atomic E-state index is 13.2. The van der Waals surface area contributed by atoms with Crippen LogP contribution in [0, 0.1) is 6.92 Å². The van der Waals surface area contributed by atoms with Gasteiger partial charge in [0.2, 0.25) is 0 Å². The molecule has 3 aromatic rings. The van der Waals surface area contributed by atoms with E-state index in [1.165, 1.54) is 0 Å². The van der Waals surface area contributed by atoms with Crippen LogP contribution in [0.15, 0.2) is 54.7 Å². The third kappa shape index (κ3) is 3.26. The lowest BCUT2D eigenvalue weighted by molar-refractivity contribution is -0.127. The van der Waals surface area contributed by atoms with Gasteiger partial charge in [0, 0.05) is 43.5 Å². The first kappa shape index (κ1) is 17.5. The van der Waals surface area contributed by atoms with Gasteiger partial charge in [-0.2, -0.15) is 0 Å². The molecule has 3 heterocycles. The number of pyridine rings is 1. The van der Waals surface area contributed by atoms with Crippen LogP contribution < -0.4 is 0 Å².